The van der Waals surface area contributed by atoms with Crippen molar-refractivity contribution in [3.05, 3.63) is 60.4 Å². The Hall–Kier alpha value is -3.88. The minimum absolute atomic E-state index is 0.0255. The molecule has 5 rings (SSSR count). The molecule has 170 valence electrons. The summed E-state index contributed by atoms with van der Waals surface area (Å²) in [5, 5.41) is 4.24. The molecule has 2 aliphatic heterocycles. The first-order valence-electron chi connectivity index (χ1n) is 11.0. The molecule has 0 N–H and O–H groups in total. The Morgan fingerprint density at radius 2 is 1.73 bits per heavy atom. The van der Waals surface area contributed by atoms with Crippen molar-refractivity contribution in [2.45, 2.75) is 6.42 Å². The molecule has 2 fully saturated rings. The number of pyridine rings is 1. The van der Waals surface area contributed by atoms with Crippen LogP contribution in [-0.4, -0.2) is 77.0 Å². The lowest BCUT2D eigenvalue weighted by Gasteiger charge is -2.35. The Balaban J connectivity index is 1.20. The van der Waals surface area contributed by atoms with Gasteiger partial charge in [-0.25, -0.2) is 4.52 Å². The molecule has 0 spiro atoms. The molecule has 3 amide bonds. The van der Waals surface area contributed by atoms with Crippen LogP contribution >= 0.6 is 0 Å². The smallest absolute Gasteiger partial charge is 0.257 e. The van der Waals surface area contributed by atoms with Crippen LogP contribution in [0.3, 0.4) is 0 Å². The lowest BCUT2D eigenvalue weighted by Crippen LogP contribution is -2.52. The number of fused-ring (bicyclic) bond motifs is 1. The maximum atomic E-state index is 13.1. The minimum atomic E-state index is -0.374. The average Bonchev–Trinajstić information content (AvgIpc) is 3.47. The second kappa shape index (κ2) is 8.57. The van der Waals surface area contributed by atoms with E-state index in [1.165, 1.54) is 0 Å². The van der Waals surface area contributed by atoms with Gasteiger partial charge in [0.25, 0.3) is 5.91 Å². The third-order valence-electron chi connectivity index (χ3n) is 6.39. The Morgan fingerprint density at radius 1 is 1.00 bits per heavy atom. The van der Waals surface area contributed by atoms with E-state index >= 15 is 0 Å². The molecule has 1 aromatic carbocycles. The Morgan fingerprint density at radius 3 is 2.45 bits per heavy atom. The Labute approximate surface area is 191 Å². The third kappa shape index (κ3) is 3.90. The van der Waals surface area contributed by atoms with Gasteiger partial charge in [-0.2, -0.15) is 5.10 Å². The van der Waals surface area contributed by atoms with Crippen molar-refractivity contribution in [2.24, 2.45) is 5.92 Å². The van der Waals surface area contributed by atoms with Crippen molar-refractivity contribution < 1.29 is 19.1 Å². The van der Waals surface area contributed by atoms with Gasteiger partial charge in [-0.3, -0.25) is 14.4 Å². The van der Waals surface area contributed by atoms with E-state index in [0.717, 1.165) is 17.0 Å². The molecular formula is C24H25N5O4. The van der Waals surface area contributed by atoms with Crippen LogP contribution in [0.2, 0.25) is 0 Å². The molecule has 0 unspecified atom stereocenters. The summed E-state index contributed by atoms with van der Waals surface area (Å²) < 4.78 is 6.85. The number of rotatable bonds is 4. The molecule has 1 atom stereocenters. The SMILES string of the molecule is COc1ccc(N2C[C@@H](C(=O)N3CCN(C(=O)c4cnn5ccccc45)CC3)CC2=O)cc1. The van der Waals surface area contributed by atoms with E-state index in [2.05, 4.69) is 5.10 Å². The monoisotopic (exact) mass is 447 g/mol. The van der Waals surface area contributed by atoms with Crippen molar-refractivity contribution in [2.75, 3.05) is 44.7 Å². The van der Waals surface area contributed by atoms with E-state index in [9.17, 15) is 14.4 Å². The van der Waals surface area contributed by atoms with Gasteiger partial charge in [0.05, 0.1) is 30.3 Å². The molecule has 4 heterocycles. The van der Waals surface area contributed by atoms with Gasteiger partial charge in [0.15, 0.2) is 0 Å². The summed E-state index contributed by atoms with van der Waals surface area (Å²) >= 11 is 0. The maximum absolute atomic E-state index is 13.1. The fourth-order valence-corrected chi connectivity index (χ4v) is 4.54. The zero-order valence-corrected chi connectivity index (χ0v) is 18.4. The molecule has 33 heavy (non-hydrogen) atoms. The Kier molecular flexibility index (Phi) is 5.45. The summed E-state index contributed by atoms with van der Waals surface area (Å²) in [6, 6.07) is 12.9. The third-order valence-corrected chi connectivity index (χ3v) is 6.39. The number of aromatic nitrogens is 2. The second-order valence-corrected chi connectivity index (χ2v) is 8.31. The molecule has 2 saturated heterocycles. The number of carbonyl (C=O) groups excluding carboxylic acids is 3. The quantitative estimate of drug-likeness (QED) is 0.607. The van der Waals surface area contributed by atoms with E-state index in [4.69, 9.17) is 4.74 Å². The van der Waals surface area contributed by atoms with Crippen LogP contribution in [0.5, 0.6) is 5.75 Å². The molecule has 0 saturated carbocycles. The van der Waals surface area contributed by atoms with E-state index in [0.29, 0.717) is 38.3 Å². The highest BCUT2D eigenvalue weighted by Crippen LogP contribution is 2.28. The van der Waals surface area contributed by atoms with Gasteiger partial charge in [0.1, 0.15) is 5.75 Å². The number of amides is 3. The summed E-state index contributed by atoms with van der Waals surface area (Å²) in [5.74, 6) is 0.184. The summed E-state index contributed by atoms with van der Waals surface area (Å²) in [5.41, 5.74) is 2.09. The van der Waals surface area contributed by atoms with Crippen LogP contribution in [0.4, 0.5) is 5.69 Å². The minimum Gasteiger partial charge on any atom is -0.497 e. The number of hydrogen-bond acceptors (Lipinski definition) is 5. The van der Waals surface area contributed by atoms with E-state index < -0.39 is 0 Å². The topological polar surface area (TPSA) is 87.5 Å². The van der Waals surface area contributed by atoms with Crippen molar-refractivity contribution in [3.8, 4) is 5.75 Å². The molecule has 2 aliphatic rings. The van der Waals surface area contributed by atoms with Gasteiger partial charge in [-0.05, 0) is 36.4 Å². The molecule has 0 bridgehead atoms. The fraction of sp³-hybridized carbons (Fsp3) is 0.333. The number of anilines is 1. The summed E-state index contributed by atoms with van der Waals surface area (Å²) in [6.45, 7) is 2.19. The van der Waals surface area contributed by atoms with Crippen LogP contribution in [0.1, 0.15) is 16.8 Å². The zero-order valence-electron chi connectivity index (χ0n) is 18.4. The molecule has 9 nitrogen and oxygen atoms in total. The highest BCUT2D eigenvalue weighted by Gasteiger charge is 2.38. The van der Waals surface area contributed by atoms with Crippen molar-refractivity contribution in [3.63, 3.8) is 0 Å². The number of benzene rings is 1. The van der Waals surface area contributed by atoms with Gasteiger partial charge < -0.3 is 19.4 Å². The number of ether oxygens (including phenoxy) is 1. The van der Waals surface area contributed by atoms with Crippen LogP contribution in [0.15, 0.2) is 54.9 Å². The predicted octanol–water partition coefficient (Wildman–Crippen LogP) is 1.68. The first-order valence-corrected chi connectivity index (χ1v) is 11.0. The van der Waals surface area contributed by atoms with Crippen molar-refractivity contribution in [1.29, 1.82) is 0 Å². The van der Waals surface area contributed by atoms with Crippen molar-refractivity contribution >= 4 is 28.9 Å². The first kappa shape index (κ1) is 21.0. The summed E-state index contributed by atoms with van der Waals surface area (Å²) in [7, 11) is 1.59. The fourth-order valence-electron chi connectivity index (χ4n) is 4.54. The molecular weight excluding hydrogens is 422 g/mol. The molecule has 0 radical (unpaired) electrons. The predicted molar refractivity (Wildman–Crippen MR) is 121 cm³/mol. The summed E-state index contributed by atoms with van der Waals surface area (Å²) in [6.07, 6.45) is 3.60. The normalized spacial score (nSPS) is 18.8. The molecule has 9 heteroatoms. The van der Waals surface area contributed by atoms with Gasteiger partial charge in [-0.1, -0.05) is 6.07 Å². The van der Waals surface area contributed by atoms with Crippen LogP contribution < -0.4 is 9.64 Å². The van der Waals surface area contributed by atoms with Gasteiger partial charge >= 0.3 is 0 Å². The van der Waals surface area contributed by atoms with Crippen molar-refractivity contribution in [1.82, 2.24) is 19.4 Å². The van der Waals surface area contributed by atoms with E-state index in [1.54, 1.807) is 50.9 Å². The number of carbonyl (C=O) groups is 3. The van der Waals surface area contributed by atoms with Crippen LogP contribution in [-0.2, 0) is 9.59 Å². The highest BCUT2D eigenvalue weighted by molar-refractivity contribution is 6.01. The van der Waals surface area contributed by atoms with E-state index in [-0.39, 0.29) is 30.1 Å². The zero-order chi connectivity index (χ0) is 22.9. The average molecular weight is 447 g/mol. The molecule has 3 aromatic rings. The number of nitrogens with zero attached hydrogens (tertiary/aromatic N) is 5. The van der Waals surface area contributed by atoms with Gasteiger partial charge in [0, 0.05) is 51.0 Å². The molecule has 0 aliphatic carbocycles. The Bertz CT molecular complexity index is 1200. The highest BCUT2D eigenvalue weighted by atomic mass is 16.5. The number of piperazine rings is 1. The lowest BCUT2D eigenvalue weighted by molar-refractivity contribution is -0.137. The maximum Gasteiger partial charge on any atom is 0.257 e. The summed E-state index contributed by atoms with van der Waals surface area (Å²) in [4.78, 5) is 43.9. The van der Waals surface area contributed by atoms with Crippen LogP contribution in [0, 0.1) is 5.92 Å². The lowest BCUT2D eigenvalue weighted by atomic mass is 10.1. The first-order chi connectivity index (χ1) is 16.0. The van der Waals surface area contributed by atoms with Crippen LogP contribution in [0.25, 0.3) is 5.52 Å². The number of hydrogen-bond donors (Lipinski definition) is 0. The second-order valence-electron chi connectivity index (χ2n) is 8.31. The molecule has 2 aromatic heterocycles. The standard InChI is InChI=1S/C24H25N5O4/c1-33-19-7-5-18(6-8-19)28-16-17(14-22(28)30)23(31)26-10-12-27(13-11-26)24(32)20-15-25-29-9-3-2-4-21(20)29/h2-9,15,17H,10-14,16H2,1H3/t17-/m0/s1. The van der Waals surface area contributed by atoms with Gasteiger partial charge in [0.2, 0.25) is 11.8 Å². The number of methoxy groups -OCH3 is 1. The van der Waals surface area contributed by atoms with Gasteiger partial charge in [-0.15, -0.1) is 0 Å². The largest absolute Gasteiger partial charge is 0.497 e. The van der Waals surface area contributed by atoms with E-state index in [1.807, 2.05) is 30.3 Å².